The third-order valence-electron chi connectivity index (χ3n) is 3.32. The molecule has 0 aliphatic carbocycles. The van der Waals surface area contributed by atoms with E-state index in [9.17, 15) is 0 Å². The van der Waals surface area contributed by atoms with E-state index in [0.717, 1.165) is 0 Å². The first-order chi connectivity index (χ1) is 8.75. The number of benzene rings is 1. The minimum atomic E-state index is 1.19. The molecule has 18 heavy (non-hydrogen) atoms. The Balaban J connectivity index is 2.30. The number of hydrogen-bond donors (Lipinski definition) is 0. The van der Waals surface area contributed by atoms with Gasteiger partial charge in [0.1, 0.15) is 7.05 Å². The summed E-state index contributed by atoms with van der Waals surface area (Å²) < 4.78 is 2.16. The van der Waals surface area contributed by atoms with Gasteiger partial charge in [0.05, 0.1) is 5.56 Å². The van der Waals surface area contributed by atoms with E-state index in [1.807, 2.05) is 18.5 Å². The van der Waals surface area contributed by atoms with Crippen molar-refractivity contribution in [2.24, 2.45) is 7.05 Å². The summed E-state index contributed by atoms with van der Waals surface area (Å²) in [7, 11) is 2.08. The average Bonchev–Trinajstić information content (AvgIpc) is 2.39. The number of hydrogen-bond acceptors (Lipinski definition) is 1. The zero-order chi connectivity index (χ0) is 12.5. The lowest BCUT2D eigenvalue weighted by Crippen LogP contribution is -2.30. The molecular formula is C16H15N2+. The number of nitrogens with zero attached hydrogens (tertiary/aromatic N) is 2. The molecule has 0 aliphatic heterocycles. The second kappa shape index (κ2) is 4.22. The molecule has 2 nitrogen and oxygen atoms in total. The number of aromatic nitrogens is 2. The molecule has 0 saturated heterocycles. The maximum Gasteiger partial charge on any atom is 0.214 e. The second-order valence-electron chi connectivity index (χ2n) is 4.59. The van der Waals surface area contributed by atoms with Crippen molar-refractivity contribution in [2.45, 2.75) is 6.92 Å². The van der Waals surface area contributed by atoms with Crippen LogP contribution < -0.4 is 4.57 Å². The summed E-state index contributed by atoms with van der Waals surface area (Å²) in [5.41, 5.74) is 3.63. The van der Waals surface area contributed by atoms with E-state index in [-0.39, 0.29) is 0 Å². The smallest absolute Gasteiger partial charge is 0.214 e. The van der Waals surface area contributed by atoms with Crippen molar-refractivity contribution in [3.8, 4) is 11.3 Å². The first-order valence-corrected chi connectivity index (χ1v) is 6.05. The van der Waals surface area contributed by atoms with Crippen LogP contribution in [-0.4, -0.2) is 4.98 Å². The summed E-state index contributed by atoms with van der Waals surface area (Å²) in [5.74, 6) is 0. The van der Waals surface area contributed by atoms with Crippen molar-refractivity contribution >= 4 is 10.8 Å². The van der Waals surface area contributed by atoms with Crippen LogP contribution in [0.25, 0.3) is 22.0 Å². The Morgan fingerprint density at radius 1 is 1.06 bits per heavy atom. The van der Waals surface area contributed by atoms with Crippen LogP contribution in [0.15, 0.2) is 55.0 Å². The predicted octanol–water partition coefficient (Wildman–Crippen LogP) is 3.03. The van der Waals surface area contributed by atoms with E-state index in [2.05, 4.69) is 60.1 Å². The Labute approximate surface area is 107 Å². The van der Waals surface area contributed by atoms with E-state index >= 15 is 0 Å². The molecule has 3 aromatic rings. The van der Waals surface area contributed by atoms with Gasteiger partial charge in [0.25, 0.3) is 0 Å². The first kappa shape index (κ1) is 10.9. The van der Waals surface area contributed by atoms with Crippen molar-refractivity contribution in [1.82, 2.24) is 4.98 Å². The minimum Gasteiger partial charge on any atom is -0.264 e. The second-order valence-corrected chi connectivity index (χ2v) is 4.59. The molecule has 0 spiro atoms. The molecule has 0 N–H and O–H groups in total. The summed E-state index contributed by atoms with van der Waals surface area (Å²) in [6.45, 7) is 2.12. The van der Waals surface area contributed by atoms with Crippen LogP contribution in [0, 0.1) is 6.92 Å². The standard InChI is InChI=1S/C16H15N2/c1-12-7-8-17-10-15(12)16-9-13-5-3-4-6-14(13)11-18(16)2/h3-11H,1-2H3/q+1. The molecule has 1 aromatic carbocycles. The highest BCUT2D eigenvalue weighted by Crippen LogP contribution is 2.22. The first-order valence-electron chi connectivity index (χ1n) is 6.05. The zero-order valence-electron chi connectivity index (χ0n) is 10.6. The van der Waals surface area contributed by atoms with Crippen molar-refractivity contribution in [3.63, 3.8) is 0 Å². The molecule has 0 saturated carbocycles. The maximum atomic E-state index is 4.23. The van der Waals surface area contributed by atoms with Gasteiger partial charge >= 0.3 is 0 Å². The molecule has 0 amide bonds. The number of rotatable bonds is 1. The molecule has 0 atom stereocenters. The molecule has 0 bridgehead atoms. The van der Waals surface area contributed by atoms with Crippen molar-refractivity contribution in [2.75, 3.05) is 0 Å². The van der Waals surface area contributed by atoms with Crippen LogP contribution in [0.3, 0.4) is 0 Å². The van der Waals surface area contributed by atoms with Crippen LogP contribution in [0.5, 0.6) is 0 Å². The lowest BCUT2D eigenvalue weighted by molar-refractivity contribution is -0.659. The van der Waals surface area contributed by atoms with Crippen molar-refractivity contribution in [3.05, 3.63) is 60.6 Å². The molecule has 2 aromatic heterocycles. The molecule has 0 aliphatic rings. The van der Waals surface area contributed by atoms with Crippen LogP contribution in [0.1, 0.15) is 5.56 Å². The Morgan fingerprint density at radius 3 is 2.61 bits per heavy atom. The Kier molecular flexibility index (Phi) is 2.56. The summed E-state index contributed by atoms with van der Waals surface area (Å²) >= 11 is 0. The fourth-order valence-electron chi connectivity index (χ4n) is 2.29. The van der Waals surface area contributed by atoms with Gasteiger partial charge in [-0.25, -0.2) is 4.57 Å². The average molecular weight is 235 g/mol. The van der Waals surface area contributed by atoms with Gasteiger partial charge in [-0.15, -0.1) is 0 Å². The molecule has 0 radical (unpaired) electrons. The van der Waals surface area contributed by atoms with Gasteiger partial charge in [-0.05, 0) is 30.0 Å². The minimum absolute atomic E-state index is 1.19. The fourth-order valence-corrected chi connectivity index (χ4v) is 2.29. The third kappa shape index (κ3) is 1.76. The van der Waals surface area contributed by atoms with Crippen LogP contribution in [-0.2, 0) is 7.05 Å². The number of aryl methyl sites for hydroxylation is 2. The van der Waals surface area contributed by atoms with Gasteiger partial charge in [-0.3, -0.25) is 4.98 Å². The van der Waals surface area contributed by atoms with Crippen molar-refractivity contribution < 1.29 is 4.57 Å². The normalized spacial score (nSPS) is 10.8. The van der Waals surface area contributed by atoms with E-state index < -0.39 is 0 Å². The SMILES string of the molecule is Cc1ccncc1-c1cc2ccccc2c[n+]1C. The topological polar surface area (TPSA) is 16.8 Å². The highest BCUT2D eigenvalue weighted by atomic mass is 14.9. The Bertz CT molecular complexity index is 717. The lowest BCUT2D eigenvalue weighted by Gasteiger charge is -2.05. The van der Waals surface area contributed by atoms with Crippen LogP contribution in [0.2, 0.25) is 0 Å². The highest BCUT2D eigenvalue weighted by Gasteiger charge is 2.13. The molecule has 2 heteroatoms. The molecule has 0 unspecified atom stereocenters. The van der Waals surface area contributed by atoms with Gasteiger partial charge in [-0.1, -0.05) is 18.2 Å². The summed E-state index contributed by atoms with van der Waals surface area (Å²) in [6, 6.07) is 12.7. The van der Waals surface area contributed by atoms with E-state index in [1.54, 1.807) is 0 Å². The molecule has 2 heterocycles. The van der Waals surface area contributed by atoms with Crippen LogP contribution >= 0.6 is 0 Å². The summed E-state index contributed by atoms with van der Waals surface area (Å²) in [5, 5.41) is 2.51. The summed E-state index contributed by atoms with van der Waals surface area (Å²) in [6.07, 6.45) is 5.93. The largest absolute Gasteiger partial charge is 0.264 e. The predicted molar refractivity (Wildman–Crippen MR) is 73.1 cm³/mol. The molecule has 0 fully saturated rings. The monoisotopic (exact) mass is 235 g/mol. The fraction of sp³-hybridized carbons (Fsp3) is 0.125. The molecule has 3 rings (SSSR count). The quantitative estimate of drug-likeness (QED) is 0.592. The number of fused-ring (bicyclic) bond motifs is 1. The van der Waals surface area contributed by atoms with Gasteiger partial charge < -0.3 is 0 Å². The molecular weight excluding hydrogens is 220 g/mol. The third-order valence-corrected chi connectivity index (χ3v) is 3.32. The van der Waals surface area contributed by atoms with E-state index in [4.69, 9.17) is 0 Å². The highest BCUT2D eigenvalue weighted by molar-refractivity contribution is 5.83. The van der Waals surface area contributed by atoms with Gasteiger partial charge in [0, 0.05) is 23.8 Å². The Morgan fingerprint density at radius 2 is 1.83 bits per heavy atom. The van der Waals surface area contributed by atoms with E-state index in [1.165, 1.54) is 27.6 Å². The van der Waals surface area contributed by atoms with Crippen molar-refractivity contribution in [1.29, 1.82) is 0 Å². The lowest BCUT2D eigenvalue weighted by atomic mass is 10.0. The van der Waals surface area contributed by atoms with Gasteiger partial charge in [-0.2, -0.15) is 0 Å². The zero-order valence-corrected chi connectivity index (χ0v) is 10.6. The van der Waals surface area contributed by atoms with Gasteiger partial charge in [0.2, 0.25) is 5.69 Å². The number of pyridine rings is 2. The molecule has 88 valence electrons. The van der Waals surface area contributed by atoms with Crippen LogP contribution in [0.4, 0.5) is 0 Å². The van der Waals surface area contributed by atoms with Gasteiger partial charge in [0.15, 0.2) is 6.20 Å². The summed E-state index contributed by atoms with van der Waals surface area (Å²) in [4.78, 5) is 4.23. The van der Waals surface area contributed by atoms with E-state index in [0.29, 0.717) is 0 Å². The maximum absolute atomic E-state index is 4.23. The Hall–Kier alpha value is -2.22.